The van der Waals surface area contributed by atoms with Crippen molar-refractivity contribution in [1.29, 1.82) is 0 Å². The van der Waals surface area contributed by atoms with Crippen LogP contribution in [0.4, 0.5) is 0 Å². The van der Waals surface area contributed by atoms with Crippen molar-refractivity contribution in [2.45, 2.75) is 77.7 Å². The Morgan fingerprint density at radius 1 is 1.04 bits per heavy atom. The number of fused-ring (bicyclic) bond motifs is 5. The summed E-state index contributed by atoms with van der Waals surface area (Å²) in [6.45, 7) is 5.10. The first kappa shape index (κ1) is 16.3. The van der Waals surface area contributed by atoms with Crippen LogP contribution in [-0.2, 0) is 4.79 Å². The van der Waals surface area contributed by atoms with Crippen LogP contribution in [0.15, 0.2) is 0 Å². The zero-order valence-corrected chi connectivity index (χ0v) is 15.7. The van der Waals surface area contributed by atoms with E-state index in [-0.39, 0.29) is 0 Å². The van der Waals surface area contributed by atoms with Crippen LogP contribution >= 0.6 is 12.6 Å². The van der Waals surface area contributed by atoms with E-state index in [1.807, 2.05) is 0 Å². The van der Waals surface area contributed by atoms with Gasteiger partial charge in [-0.25, -0.2) is 0 Å². The molecule has 7 atom stereocenters. The molecule has 0 aromatic heterocycles. The molecule has 1 aliphatic heterocycles. The van der Waals surface area contributed by atoms with Crippen LogP contribution in [0.1, 0.15) is 71.6 Å². The van der Waals surface area contributed by atoms with E-state index in [0.717, 1.165) is 42.3 Å². The van der Waals surface area contributed by atoms with Crippen molar-refractivity contribution in [2.75, 3.05) is 5.75 Å². The number of carbonyl (C=O) groups excluding carboxylic acids is 1. The number of hydrogen-bond acceptors (Lipinski definition) is 2. The number of hydrogen-bond donors (Lipinski definition) is 2. The molecule has 0 aromatic rings. The summed E-state index contributed by atoms with van der Waals surface area (Å²) >= 11 is 4.52. The van der Waals surface area contributed by atoms with Crippen molar-refractivity contribution >= 4 is 18.5 Å². The maximum Gasteiger partial charge on any atom is 0.220 e. The Hall–Kier alpha value is -0.180. The number of thiol groups is 1. The lowest BCUT2D eigenvalue weighted by Crippen LogP contribution is -2.61. The van der Waals surface area contributed by atoms with E-state index < -0.39 is 0 Å². The summed E-state index contributed by atoms with van der Waals surface area (Å²) < 4.78 is 0. The van der Waals surface area contributed by atoms with Gasteiger partial charge in [-0.15, -0.1) is 0 Å². The van der Waals surface area contributed by atoms with E-state index >= 15 is 0 Å². The lowest BCUT2D eigenvalue weighted by atomic mass is 9.47. The van der Waals surface area contributed by atoms with E-state index in [0.29, 0.717) is 22.8 Å². The molecule has 1 heterocycles. The summed E-state index contributed by atoms with van der Waals surface area (Å²) in [5.74, 6) is 4.93. The fourth-order valence-electron chi connectivity index (χ4n) is 7.44. The SMILES string of the molecule is C[C@]12CCC3C(CC[C@H]4NC(=O)CC[C@]34C)C1CCC2CCS. The van der Waals surface area contributed by atoms with E-state index in [1.165, 1.54) is 44.9 Å². The van der Waals surface area contributed by atoms with Crippen LogP contribution in [0.25, 0.3) is 0 Å². The predicted molar refractivity (Wildman–Crippen MR) is 97.5 cm³/mol. The van der Waals surface area contributed by atoms with Gasteiger partial charge in [0.05, 0.1) is 0 Å². The molecule has 4 rings (SSSR count). The minimum absolute atomic E-state index is 0.293. The highest BCUT2D eigenvalue weighted by molar-refractivity contribution is 7.80. The van der Waals surface area contributed by atoms with Gasteiger partial charge in [0.25, 0.3) is 0 Å². The number of rotatable bonds is 2. The molecule has 3 aliphatic carbocycles. The summed E-state index contributed by atoms with van der Waals surface area (Å²) in [6.07, 6.45) is 11.4. The van der Waals surface area contributed by atoms with Crippen LogP contribution in [-0.4, -0.2) is 17.7 Å². The third-order valence-corrected chi connectivity index (χ3v) is 9.03. The quantitative estimate of drug-likeness (QED) is 0.718. The normalized spacial score (nSPS) is 52.3. The van der Waals surface area contributed by atoms with Gasteiger partial charge in [-0.2, -0.15) is 12.6 Å². The number of piperidine rings is 1. The van der Waals surface area contributed by atoms with Crippen LogP contribution in [0.3, 0.4) is 0 Å². The highest BCUT2D eigenvalue weighted by atomic mass is 32.1. The fourth-order valence-corrected chi connectivity index (χ4v) is 7.75. The molecule has 4 aliphatic rings. The third-order valence-electron chi connectivity index (χ3n) is 8.77. The van der Waals surface area contributed by atoms with Gasteiger partial charge in [-0.3, -0.25) is 4.79 Å². The zero-order valence-electron chi connectivity index (χ0n) is 14.8. The number of amides is 1. The topological polar surface area (TPSA) is 29.1 Å². The first-order chi connectivity index (χ1) is 11.0. The Balaban J connectivity index is 1.59. The van der Waals surface area contributed by atoms with Gasteiger partial charge in [0.2, 0.25) is 5.91 Å². The Morgan fingerprint density at radius 2 is 1.83 bits per heavy atom. The first-order valence-corrected chi connectivity index (χ1v) is 10.5. The molecule has 0 radical (unpaired) electrons. The molecule has 1 saturated heterocycles. The second kappa shape index (κ2) is 5.68. The van der Waals surface area contributed by atoms with Crippen molar-refractivity contribution in [1.82, 2.24) is 5.32 Å². The van der Waals surface area contributed by atoms with E-state index in [4.69, 9.17) is 0 Å². The van der Waals surface area contributed by atoms with Gasteiger partial charge < -0.3 is 5.32 Å². The Morgan fingerprint density at radius 3 is 2.61 bits per heavy atom. The lowest BCUT2D eigenvalue weighted by Gasteiger charge is -2.60. The second-order valence-corrected chi connectivity index (χ2v) is 9.86. The maximum absolute atomic E-state index is 11.9. The smallest absolute Gasteiger partial charge is 0.220 e. The average molecular weight is 336 g/mol. The summed E-state index contributed by atoms with van der Waals surface area (Å²) in [5.41, 5.74) is 0.935. The molecule has 130 valence electrons. The zero-order chi connectivity index (χ0) is 16.2. The molecular weight excluding hydrogens is 302 g/mol. The molecule has 0 bridgehead atoms. The summed E-state index contributed by atoms with van der Waals surface area (Å²) in [4.78, 5) is 11.9. The fraction of sp³-hybridized carbons (Fsp3) is 0.950. The Kier molecular flexibility index (Phi) is 4.02. The predicted octanol–water partition coefficient (Wildman–Crippen LogP) is 4.44. The second-order valence-electron chi connectivity index (χ2n) is 9.41. The number of nitrogens with one attached hydrogen (secondary N) is 1. The van der Waals surface area contributed by atoms with Crippen molar-refractivity contribution in [3.8, 4) is 0 Å². The standard InChI is InChI=1S/C20H33NOS/c1-19-10-7-16-14(15(19)5-3-13(19)9-12-23)4-6-17-20(16,2)11-8-18(22)21-17/h13-17,23H,3-12H2,1-2H3,(H,21,22)/t13?,14?,15?,16?,17-,19-,20-/m1/s1. The summed E-state index contributed by atoms with van der Waals surface area (Å²) in [5, 5.41) is 3.34. The molecule has 23 heavy (non-hydrogen) atoms. The first-order valence-electron chi connectivity index (χ1n) is 9.89. The van der Waals surface area contributed by atoms with E-state index in [9.17, 15) is 4.79 Å². The molecule has 1 amide bonds. The monoisotopic (exact) mass is 335 g/mol. The van der Waals surface area contributed by atoms with Crippen LogP contribution in [0.5, 0.6) is 0 Å². The van der Waals surface area contributed by atoms with Crippen LogP contribution < -0.4 is 5.32 Å². The van der Waals surface area contributed by atoms with Crippen molar-refractivity contribution in [2.24, 2.45) is 34.5 Å². The van der Waals surface area contributed by atoms with Gasteiger partial charge in [-0.05, 0) is 91.6 Å². The molecule has 3 heteroatoms. The Labute approximate surface area is 147 Å². The van der Waals surface area contributed by atoms with Gasteiger partial charge in [0.1, 0.15) is 0 Å². The van der Waals surface area contributed by atoms with Crippen LogP contribution in [0, 0.1) is 34.5 Å². The van der Waals surface area contributed by atoms with Gasteiger partial charge in [0, 0.05) is 12.5 Å². The van der Waals surface area contributed by atoms with Gasteiger partial charge in [-0.1, -0.05) is 13.8 Å². The average Bonchev–Trinajstić information content (AvgIpc) is 2.85. The Bertz CT molecular complexity index is 494. The molecular formula is C20H33NOS. The molecule has 0 aromatic carbocycles. The third kappa shape index (κ3) is 2.32. The minimum atomic E-state index is 0.293. The van der Waals surface area contributed by atoms with Crippen molar-refractivity contribution in [3.05, 3.63) is 0 Å². The van der Waals surface area contributed by atoms with E-state index in [1.54, 1.807) is 0 Å². The lowest BCUT2D eigenvalue weighted by molar-refractivity contribution is -0.136. The molecule has 3 saturated carbocycles. The van der Waals surface area contributed by atoms with E-state index in [2.05, 4.69) is 31.8 Å². The molecule has 2 nitrogen and oxygen atoms in total. The van der Waals surface area contributed by atoms with Gasteiger partial charge in [0.15, 0.2) is 0 Å². The van der Waals surface area contributed by atoms with Crippen molar-refractivity contribution < 1.29 is 4.79 Å². The number of carbonyl (C=O) groups is 1. The highest BCUT2D eigenvalue weighted by Gasteiger charge is 2.59. The van der Waals surface area contributed by atoms with Gasteiger partial charge >= 0.3 is 0 Å². The highest BCUT2D eigenvalue weighted by Crippen LogP contribution is 2.65. The summed E-state index contributed by atoms with van der Waals surface area (Å²) in [7, 11) is 0. The molecule has 4 unspecified atom stereocenters. The van der Waals surface area contributed by atoms with Crippen molar-refractivity contribution in [3.63, 3.8) is 0 Å². The maximum atomic E-state index is 11.9. The minimum Gasteiger partial charge on any atom is -0.353 e. The molecule has 1 N–H and O–H groups in total. The van der Waals surface area contributed by atoms with Crippen LogP contribution in [0.2, 0.25) is 0 Å². The summed E-state index contributed by atoms with van der Waals surface area (Å²) in [6, 6.07) is 0.448. The molecule has 4 fully saturated rings. The molecule has 0 spiro atoms. The largest absolute Gasteiger partial charge is 0.353 e.